The van der Waals surface area contributed by atoms with Gasteiger partial charge in [0.25, 0.3) is 0 Å². The molecule has 0 saturated heterocycles. The fraction of sp³-hybridized carbons (Fsp3) is 0.400. The summed E-state index contributed by atoms with van der Waals surface area (Å²) in [5.74, 6) is 0. The molecule has 4 rings (SSSR count). The summed E-state index contributed by atoms with van der Waals surface area (Å²) in [6, 6.07) is 22.0. The Balaban J connectivity index is 0.000000244. The van der Waals surface area contributed by atoms with Crippen LogP contribution in [0.2, 0.25) is 0 Å². The fourth-order valence-electron chi connectivity index (χ4n) is 4.81. The van der Waals surface area contributed by atoms with Gasteiger partial charge in [0.15, 0.2) is 0 Å². The van der Waals surface area contributed by atoms with E-state index in [0.717, 1.165) is 0 Å². The minimum atomic E-state index is -0.463. The summed E-state index contributed by atoms with van der Waals surface area (Å²) in [5.41, 5.74) is 5.87. The van der Waals surface area contributed by atoms with E-state index >= 15 is 0 Å². The minimum absolute atomic E-state index is 0.463. The molecule has 0 saturated carbocycles. The molecule has 2 radical (unpaired) electrons. The standard InChI is InChI=1S/C16H14.2C9H13.C6H14N.Ga.Zr/c1-3-9-15(10-4-1)13-7-8-14-16-11-5-2-6-12-16;2*1-2-3-6-9-7-4-5-8-9;1-5(2)7-6(3)4;;/h1-14H;2*4,7H,2-3,5-6H2,1H3;5-6H,1-4H3;;/q;;;-1;+1;. The summed E-state index contributed by atoms with van der Waals surface area (Å²) in [6.45, 7) is 13.5. The zero-order valence-corrected chi connectivity index (χ0v) is 32.6. The van der Waals surface area contributed by atoms with Gasteiger partial charge in [0.1, 0.15) is 0 Å². The Kier molecular flexibility index (Phi) is 19.9. The molecule has 43 heavy (non-hydrogen) atoms. The molecule has 0 unspecified atom stereocenters. The van der Waals surface area contributed by atoms with Gasteiger partial charge >= 0.3 is 193 Å². The maximum absolute atomic E-state index is 2.42. The number of allylic oxidation sites excluding steroid dienone is 10. The number of hydrogen-bond acceptors (Lipinski definition) is 1. The van der Waals surface area contributed by atoms with Crippen LogP contribution in [-0.4, -0.2) is 34.5 Å². The molecule has 0 aromatic heterocycles. The van der Waals surface area contributed by atoms with E-state index in [1.165, 1.54) is 62.5 Å². The molecule has 0 N–H and O–H groups in total. The van der Waals surface area contributed by atoms with Crippen LogP contribution in [0.15, 0.2) is 115 Å². The van der Waals surface area contributed by atoms with E-state index in [1.54, 1.807) is 30.0 Å². The van der Waals surface area contributed by atoms with Crippen LogP contribution in [0, 0.1) is 0 Å². The first-order valence-corrected chi connectivity index (χ1v) is 19.9. The number of benzene rings is 2. The van der Waals surface area contributed by atoms with E-state index in [0.29, 0.717) is 12.1 Å². The van der Waals surface area contributed by atoms with Gasteiger partial charge in [-0.2, -0.15) is 0 Å². The van der Waals surface area contributed by atoms with E-state index in [4.69, 9.17) is 0 Å². The van der Waals surface area contributed by atoms with Crippen LogP contribution < -0.4 is 0 Å². The molecule has 2 aliphatic rings. The van der Waals surface area contributed by atoms with Crippen LogP contribution >= 0.6 is 0 Å². The topological polar surface area (TPSA) is 3.24 Å². The van der Waals surface area contributed by atoms with Gasteiger partial charge in [-0.1, -0.05) is 85.0 Å². The van der Waals surface area contributed by atoms with Crippen molar-refractivity contribution in [3.63, 3.8) is 0 Å². The third kappa shape index (κ3) is 15.8. The Labute approximate surface area is 286 Å². The van der Waals surface area contributed by atoms with Crippen LogP contribution in [0.25, 0.3) is 12.2 Å². The zero-order valence-electron chi connectivity index (χ0n) is 27.7. The summed E-state index contributed by atoms with van der Waals surface area (Å²) in [5, 5.41) is 0. The van der Waals surface area contributed by atoms with Crippen molar-refractivity contribution in [1.29, 1.82) is 0 Å². The summed E-state index contributed by atoms with van der Waals surface area (Å²) in [7, 11) is 0. The zero-order chi connectivity index (χ0) is 31.3. The third-order valence-electron chi connectivity index (χ3n) is 7.44. The molecule has 2 aliphatic carbocycles. The van der Waals surface area contributed by atoms with Crippen LogP contribution in [0.1, 0.15) is 104 Å². The van der Waals surface area contributed by atoms with Crippen molar-refractivity contribution < 1.29 is 23.2 Å². The van der Waals surface area contributed by atoms with Gasteiger partial charge in [-0.25, -0.2) is 0 Å². The van der Waals surface area contributed by atoms with Crippen LogP contribution in [-0.2, 0) is 23.2 Å². The normalized spacial score (nSPS) is 14.3. The van der Waals surface area contributed by atoms with Gasteiger partial charge in [0, 0.05) is 0 Å². The molecule has 3 heteroatoms. The summed E-state index contributed by atoms with van der Waals surface area (Å²) in [4.78, 5) is 0. The summed E-state index contributed by atoms with van der Waals surface area (Å²) >= 11 is 1.25. The molecular weight excluding hydrogens is 655 g/mol. The molecule has 226 valence electrons. The Morgan fingerprint density at radius 1 is 0.674 bits per heavy atom. The average Bonchev–Trinajstić information content (AvgIpc) is 3.67. The fourth-order valence-corrected chi connectivity index (χ4v) is 8.60. The van der Waals surface area contributed by atoms with Gasteiger partial charge in [0.2, 0.25) is 0 Å². The Morgan fingerprint density at radius 2 is 1.07 bits per heavy atom. The third-order valence-corrected chi connectivity index (χ3v) is 14.0. The van der Waals surface area contributed by atoms with E-state index in [1.807, 2.05) is 43.0 Å². The number of nitrogens with zero attached hydrogens (tertiary/aromatic N) is 1. The maximum atomic E-state index is 2.42. The van der Waals surface area contributed by atoms with Crippen LogP contribution in [0.5, 0.6) is 0 Å². The summed E-state index contributed by atoms with van der Waals surface area (Å²) < 4.78 is 6.13. The molecule has 2 aromatic rings. The number of unbranched alkanes of at least 4 members (excludes halogenated alkanes) is 2. The van der Waals surface area contributed by atoms with Crippen LogP contribution in [0.3, 0.4) is 0 Å². The van der Waals surface area contributed by atoms with Crippen molar-refractivity contribution in [3.05, 3.63) is 126 Å². The Hall–Kier alpha value is -1.64. The van der Waals surface area contributed by atoms with Gasteiger partial charge in [-0.15, -0.1) is 0 Å². The number of rotatable bonds is 13. The second-order valence-electron chi connectivity index (χ2n) is 11.7. The molecule has 0 bridgehead atoms. The Bertz CT molecular complexity index is 1120. The van der Waals surface area contributed by atoms with Crippen molar-refractivity contribution in [2.24, 2.45) is 0 Å². The van der Waals surface area contributed by atoms with Crippen molar-refractivity contribution in [2.75, 3.05) is 0 Å². The number of hydrogen-bond donors (Lipinski definition) is 0. The average molecular weight is 710 g/mol. The van der Waals surface area contributed by atoms with Crippen molar-refractivity contribution in [3.8, 4) is 0 Å². The second-order valence-corrected chi connectivity index (χ2v) is 16.6. The second kappa shape index (κ2) is 22.8. The molecule has 1 nitrogen and oxygen atoms in total. The van der Waals surface area contributed by atoms with E-state index in [-0.39, 0.29) is 0 Å². The van der Waals surface area contributed by atoms with Crippen LogP contribution in [0.4, 0.5) is 0 Å². The predicted molar refractivity (Wildman–Crippen MR) is 189 cm³/mol. The van der Waals surface area contributed by atoms with E-state index < -0.39 is 23.2 Å². The first-order valence-electron chi connectivity index (χ1n) is 16.4. The van der Waals surface area contributed by atoms with Gasteiger partial charge in [-0.3, -0.25) is 0 Å². The van der Waals surface area contributed by atoms with Crippen molar-refractivity contribution in [2.45, 2.75) is 105 Å². The molecule has 0 aliphatic heterocycles. The Morgan fingerprint density at radius 3 is 1.40 bits per heavy atom. The molecule has 0 amide bonds. The van der Waals surface area contributed by atoms with Gasteiger partial charge in [-0.05, 0) is 11.1 Å². The van der Waals surface area contributed by atoms with Crippen molar-refractivity contribution in [1.82, 2.24) is 3.61 Å². The quantitative estimate of drug-likeness (QED) is 0.148. The molecule has 0 fully saturated rings. The SMILES string of the molecule is C(C=Cc1ccccc1)=Cc1ccccc1.CC(C)[N]([Ga])C(C)C.CCCCC1=[C]([Zr][C]2=C(CCCC)C=CC2)CC=C1. The van der Waals surface area contributed by atoms with Crippen molar-refractivity contribution >= 4 is 31.0 Å². The molecule has 2 aromatic carbocycles. The summed E-state index contributed by atoms with van der Waals surface area (Å²) in [6.07, 6.45) is 28.5. The predicted octanol–water partition coefficient (Wildman–Crippen LogP) is 11.5. The van der Waals surface area contributed by atoms with Gasteiger partial charge in [0.05, 0.1) is 0 Å². The monoisotopic (exact) mass is 707 g/mol. The van der Waals surface area contributed by atoms with E-state index in [9.17, 15) is 0 Å². The van der Waals surface area contributed by atoms with Gasteiger partial charge < -0.3 is 0 Å². The molecule has 0 heterocycles. The molecule has 0 spiro atoms. The first-order chi connectivity index (χ1) is 20.8. The first kappa shape index (κ1) is 37.5. The molecule has 0 atom stereocenters. The molecular formula is C40H54GaNZr. The van der Waals surface area contributed by atoms with E-state index in [2.05, 4.69) is 118 Å².